The molecule has 5 nitrogen and oxygen atoms in total. The van der Waals surface area contributed by atoms with Crippen LogP contribution in [0.15, 0.2) is 67.0 Å². The van der Waals surface area contributed by atoms with Crippen molar-refractivity contribution < 1.29 is 4.79 Å². The largest absolute Gasteiger partial charge is 0.331 e. The minimum Gasteiger partial charge on any atom is -0.331 e. The monoisotopic (exact) mass is 388 g/mol. The molecule has 26 heavy (non-hydrogen) atoms. The maximum atomic E-state index is 11.2. The Labute approximate surface area is 162 Å². The molecule has 0 bridgehead atoms. The minimum atomic E-state index is -0.205. The Morgan fingerprint density at radius 3 is 1.88 bits per heavy atom. The predicted molar refractivity (Wildman–Crippen MR) is 107 cm³/mol. The molecule has 0 saturated heterocycles. The number of pyridine rings is 2. The number of hydrogen-bond acceptors (Lipinski definition) is 3. The molecule has 1 N–H and O–H groups in total. The molecule has 134 valence electrons. The quantitative estimate of drug-likeness (QED) is 0.653. The van der Waals surface area contributed by atoms with Crippen molar-refractivity contribution >= 4 is 34.9 Å². The Bertz CT molecular complexity index is 805. The number of nitrogens with zero attached hydrogens (tertiary/aromatic N) is 3. The maximum Gasteiger partial charge on any atom is 0.321 e. The zero-order valence-corrected chi connectivity index (χ0v) is 15.9. The maximum absolute atomic E-state index is 11.2. The Balaban J connectivity index is 0.000000189. The number of anilines is 1. The molecular weight excluding hydrogens is 371 g/mol. The second-order valence-corrected chi connectivity index (χ2v) is 6.20. The van der Waals surface area contributed by atoms with Gasteiger partial charge in [-0.1, -0.05) is 35.3 Å². The van der Waals surface area contributed by atoms with Gasteiger partial charge in [-0.2, -0.15) is 0 Å². The average Bonchev–Trinajstić information content (AvgIpc) is 2.66. The molecule has 0 aliphatic heterocycles. The number of hydrogen-bond donors (Lipinski definition) is 1. The first-order valence-corrected chi connectivity index (χ1v) is 8.49. The Kier molecular flexibility index (Phi) is 7.38. The van der Waals surface area contributed by atoms with E-state index < -0.39 is 0 Å². The van der Waals surface area contributed by atoms with Gasteiger partial charge in [0.1, 0.15) is 0 Å². The van der Waals surface area contributed by atoms with Crippen LogP contribution in [0.25, 0.3) is 11.4 Å². The first kappa shape index (κ1) is 19.7. The van der Waals surface area contributed by atoms with Gasteiger partial charge in [-0.3, -0.25) is 9.97 Å². The van der Waals surface area contributed by atoms with Crippen molar-refractivity contribution in [1.82, 2.24) is 14.9 Å². The van der Waals surface area contributed by atoms with Crippen molar-refractivity contribution in [1.29, 1.82) is 0 Å². The normalized spacial score (nSPS) is 9.69. The third-order valence-corrected chi connectivity index (χ3v) is 3.91. The summed E-state index contributed by atoms with van der Waals surface area (Å²) in [5, 5.41) is 3.54. The fraction of sp³-hybridized carbons (Fsp3) is 0.105. The van der Waals surface area contributed by atoms with Gasteiger partial charge in [0.05, 0.1) is 21.4 Å². The topological polar surface area (TPSA) is 58.1 Å². The summed E-state index contributed by atoms with van der Waals surface area (Å²) in [5.74, 6) is 0. The van der Waals surface area contributed by atoms with Crippen LogP contribution >= 0.6 is 23.2 Å². The molecule has 2 amide bonds. The summed E-state index contributed by atoms with van der Waals surface area (Å²) >= 11 is 11.5. The summed E-state index contributed by atoms with van der Waals surface area (Å²) in [7, 11) is 3.32. The van der Waals surface area contributed by atoms with Gasteiger partial charge in [0.15, 0.2) is 0 Å². The number of urea groups is 1. The molecule has 7 heteroatoms. The second kappa shape index (κ2) is 9.75. The Hall–Kier alpha value is -2.63. The summed E-state index contributed by atoms with van der Waals surface area (Å²) < 4.78 is 0. The van der Waals surface area contributed by atoms with E-state index in [9.17, 15) is 4.79 Å². The third-order valence-electron chi connectivity index (χ3n) is 3.17. The van der Waals surface area contributed by atoms with E-state index in [1.165, 1.54) is 4.90 Å². The van der Waals surface area contributed by atoms with Crippen molar-refractivity contribution in [2.45, 2.75) is 0 Å². The lowest BCUT2D eigenvalue weighted by Gasteiger charge is -2.12. The molecule has 0 fully saturated rings. The van der Waals surface area contributed by atoms with Crippen LogP contribution in [0.2, 0.25) is 10.0 Å². The third kappa shape index (κ3) is 6.02. The number of amides is 2. The van der Waals surface area contributed by atoms with Gasteiger partial charge in [0.2, 0.25) is 0 Å². The van der Waals surface area contributed by atoms with Crippen molar-refractivity contribution in [2.75, 3.05) is 19.4 Å². The van der Waals surface area contributed by atoms with Crippen molar-refractivity contribution in [3.63, 3.8) is 0 Å². The molecule has 0 unspecified atom stereocenters. The minimum absolute atomic E-state index is 0.205. The molecule has 0 saturated carbocycles. The zero-order chi connectivity index (χ0) is 18.9. The van der Waals surface area contributed by atoms with Gasteiger partial charge in [-0.05, 0) is 42.5 Å². The number of carbonyl (C=O) groups excluding carboxylic acids is 1. The molecule has 1 aromatic carbocycles. The van der Waals surface area contributed by atoms with Crippen LogP contribution in [-0.2, 0) is 0 Å². The van der Waals surface area contributed by atoms with Crippen molar-refractivity contribution in [3.05, 3.63) is 77.0 Å². The average molecular weight is 389 g/mol. The highest BCUT2D eigenvalue weighted by Crippen LogP contribution is 2.25. The highest BCUT2D eigenvalue weighted by atomic mass is 35.5. The van der Waals surface area contributed by atoms with Gasteiger partial charge in [0.25, 0.3) is 0 Å². The van der Waals surface area contributed by atoms with Crippen LogP contribution in [0, 0.1) is 0 Å². The summed E-state index contributed by atoms with van der Waals surface area (Å²) in [5.41, 5.74) is 2.45. The van der Waals surface area contributed by atoms with E-state index in [1.54, 1.807) is 44.7 Å². The number of halogens is 2. The fourth-order valence-electron chi connectivity index (χ4n) is 1.84. The molecule has 3 aromatic rings. The van der Waals surface area contributed by atoms with Gasteiger partial charge in [-0.25, -0.2) is 4.79 Å². The van der Waals surface area contributed by atoms with E-state index in [1.807, 2.05) is 36.4 Å². The van der Waals surface area contributed by atoms with E-state index in [0.717, 1.165) is 11.4 Å². The number of nitrogens with one attached hydrogen (secondary N) is 1. The van der Waals surface area contributed by atoms with E-state index in [4.69, 9.17) is 23.2 Å². The summed E-state index contributed by atoms with van der Waals surface area (Å²) in [6, 6.07) is 16.3. The number of aromatic nitrogens is 2. The highest BCUT2D eigenvalue weighted by molar-refractivity contribution is 6.42. The summed E-state index contributed by atoms with van der Waals surface area (Å²) in [4.78, 5) is 21.1. The summed E-state index contributed by atoms with van der Waals surface area (Å²) in [6.07, 6.45) is 3.54. The lowest BCUT2D eigenvalue weighted by Crippen LogP contribution is -2.27. The zero-order valence-electron chi connectivity index (χ0n) is 14.4. The molecule has 0 atom stereocenters. The van der Waals surface area contributed by atoms with Crippen molar-refractivity contribution in [2.24, 2.45) is 0 Å². The van der Waals surface area contributed by atoms with Crippen LogP contribution in [0.4, 0.5) is 10.5 Å². The molecule has 0 aliphatic carbocycles. The van der Waals surface area contributed by atoms with Gasteiger partial charge < -0.3 is 10.2 Å². The van der Waals surface area contributed by atoms with E-state index in [0.29, 0.717) is 15.7 Å². The Morgan fingerprint density at radius 1 is 0.885 bits per heavy atom. The standard InChI is InChI=1S/C10H8N2.C9H10Cl2N2O/c1-3-7-11-9(5-1)10-6-2-4-8-12-10;1-13(2)9(14)12-6-3-4-7(10)8(11)5-6/h1-8H;3-5H,1-2H3,(H,12,14). The van der Waals surface area contributed by atoms with Crippen LogP contribution in [0.1, 0.15) is 0 Å². The van der Waals surface area contributed by atoms with E-state index in [-0.39, 0.29) is 6.03 Å². The number of benzene rings is 1. The molecule has 0 spiro atoms. The first-order chi connectivity index (χ1) is 12.5. The molecule has 2 heterocycles. The van der Waals surface area contributed by atoms with Crippen LogP contribution < -0.4 is 5.32 Å². The van der Waals surface area contributed by atoms with Gasteiger partial charge in [-0.15, -0.1) is 0 Å². The van der Waals surface area contributed by atoms with Gasteiger partial charge in [0, 0.05) is 32.2 Å². The smallest absolute Gasteiger partial charge is 0.321 e. The molecule has 0 radical (unpaired) electrons. The molecule has 2 aromatic heterocycles. The number of rotatable bonds is 2. The highest BCUT2D eigenvalue weighted by Gasteiger charge is 2.05. The predicted octanol–water partition coefficient (Wildman–Crippen LogP) is 5.23. The van der Waals surface area contributed by atoms with Crippen molar-refractivity contribution in [3.8, 4) is 11.4 Å². The van der Waals surface area contributed by atoms with E-state index >= 15 is 0 Å². The molecule has 3 rings (SSSR count). The fourth-order valence-corrected chi connectivity index (χ4v) is 2.14. The lowest BCUT2D eigenvalue weighted by atomic mass is 10.2. The Morgan fingerprint density at radius 2 is 1.46 bits per heavy atom. The van der Waals surface area contributed by atoms with Crippen LogP contribution in [0.5, 0.6) is 0 Å². The van der Waals surface area contributed by atoms with Crippen LogP contribution in [-0.4, -0.2) is 35.0 Å². The summed E-state index contributed by atoms with van der Waals surface area (Å²) in [6.45, 7) is 0. The van der Waals surface area contributed by atoms with Gasteiger partial charge >= 0.3 is 6.03 Å². The lowest BCUT2D eigenvalue weighted by molar-refractivity contribution is 0.230. The first-order valence-electron chi connectivity index (χ1n) is 7.73. The van der Waals surface area contributed by atoms with E-state index in [2.05, 4.69) is 15.3 Å². The molecule has 0 aliphatic rings. The molecular formula is C19H18Cl2N4O. The number of carbonyl (C=O) groups is 1. The van der Waals surface area contributed by atoms with Crippen LogP contribution in [0.3, 0.4) is 0 Å². The SMILES string of the molecule is CN(C)C(=O)Nc1ccc(Cl)c(Cl)c1.c1ccc(-c2ccccn2)nc1. The second-order valence-electron chi connectivity index (χ2n) is 5.38.